The minimum Gasteiger partial charge on any atom is -0.341 e. The standard InChI is InChI=1S/C30H34N4O3/c1-21-10-4-8-14-25(21)30(17-28(36)34(29(30)37)24-12-6-7-13-24)16-27(35)32(3)19-23-18-31-33(20-23)26-15-9-5-11-22(26)2/h4-5,8-11,14-15,18,20,24H,6-7,12-13,16-17,19H2,1-3H3. The van der Waals surface area contributed by atoms with Crippen LogP contribution in [0.2, 0.25) is 0 Å². The molecule has 1 saturated carbocycles. The Morgan fingerprint density at radius 1 is 1.03 bits per heavy atom. The monoisotopic (exact) mass is 498 g/mol. The van der Waals surface area contributed by atoms with E-state index in [1.165, 1.54) is 4.90 Å². The van der Waals surface area contributed by atoms with E-state index >= 15 is 0 Å². The first kappa shape index (κ1) is 24.9. The number of hydrogen-bond acceptors (Lipinski definition) is 4. The van der Waals surface area contributed by atoms with Crippen molar-refractivity contribution < 1.29 is 14.4 Å². The third-order valence-corrected chi connectivity index (χ3v) is 8.00. The average Bonchev–Trinajstić information content (AvgIpc) is 3.61. The molecule has 5 rings (SSSR count). The van der Waals surface area contributed by atoms with Gasteiger partial charge in [-0.25, -0.2) is 4.68 Å². The van der Waals surface area contributed by atoms with E-state index in [-0.39, 0.29) is 36.6 Å². The second kappa shape index (κ2) is 9.96. The first-order valence-electron chi connectivity index (χ1n) is 13.1. The molecule has 3 aromatic rings. The molecule has 1 atom stereocenters. The number of aryl methyl sites for hydroxylation is 2. The molecule has 1 aromatic heterocycles. The zero-order valence-corrected chi connectivity index (χ0v) is 21.8. The van der Waals surface area contributed by atoms with Gasteiger partial charge in [-0.3, -0.25) is 19.3 Å². The van der Waals surface area contributed by atoms with Crippen LogP contribution in [-0.2, 0) is 26.3 Å². The summed E-state index contributed by atoms with van der Waals surface area (Å²) in [5.74, 6) is -0.538. The summed E-state index contributed by atoms with van der Waals surface area (Å²) in [4.78, 5) is 44.0. The highest BCUT2D eigenvalue weighted by Gasteiger charge is 2.56. The smallest absolute Gasteiger partial charge is 0.241 e. The van der Waals surface area contributed by atoms with Crippen molar-refractivity contribution in [2.24, 2.45) is 0 Å². The van der Waals surface area contributed by atoms with Crippen LogP contribution in [0.3, 0.4) is 0 Å². The van der Waals surface area contributed by atoms with Gasteiger partial charge in [0, 0.05) is 44.2 Å². The summed E-state index contributed by atoms with van der Waals surface area (Å²) in [5.41, 5.74) is 3.53. The van der Waals surface area contributed by atoms with Crippen LogP contribution >= 0.6 is 0 Å². The van der Waals surface area contributed by atoms with E-state index in [4.69, 9.17) is 0 Å². The van der Waals surface area contributed by atoms with Crippen molar-refractivity contribution in [1.82, 2.24) is 19.6 Å². The lowest BCUT2D eigenvalue weighted by molar-refractivity contribution is -0.144. The fourth-order valence-electron chi connectivity index (χ4n) is 6.00. The summed E-state index contributed by atoms with van der Waals surface area (Å²) in [5, 5.41) is 4.49. The number of aromatic nitrogens is 2. The van der Waals surface area contributed by atoms with E-state index in [9.17, 15) is 14.4 Å². The Labute approximate surface area is 218 Å². The molecule has 37 heavy (non-hydrogen) atoms. The molecule has 3 amide bonds. The third kappa shape index (κ3) is 4.59. The number of imide groups is 1. The number of amides is 3. The van der Waals surface area contributed by atoms with Crippen molar-refractivity contribution in [2.75, 3.05) is 7.05 Å². The Bertz CT molecular complexity index is 1340. The molecular weight excluding hydrogens is 464 g/mol. The number of para-hydroxylation sites is 1. The minimum atomic E-state index is -1.16. The maximum Gasteiger partial charge on any atom is 0.241 e. The molecule has 1 saturated heterocycles. The van der Waals surface area contributed by atoms with Gasteiger partial charge in [-0.15, -0.1) is 0 Å². The van der Waals surface area contributed by atoms with Gasteiger partial charge in [-0.2, -0.15) is 5.10 Å². The van der Waals surface area contributed by atoms with E-state index in [0.717, 1.165) is 53.6 Å². The van der Waals surface area contributed by atoms with Crippen LogP contribution in [0, 0.1) is 13.8 Å². The summed E-state index contributed by atoms with van der Waals surface area (Å²) in [6, 6.07) is 15.6. The van der Waals surface area contributed by atoms with Crippen LogP contribution in [0.25, 0.3) is 5.69 Å². The fraction of sp³-hybridized carbons (Fsp3) is 0.400. The van der Waals surface area contributed by atoms with Gasteiger partial charge in [-0.1, -0.05) is 55.3 Å². The predicted octanol–water partition coefficient (Wildman–Crippen LogP) is 4.48. The Balaban J connectivity index is 1.39. The van der Waals surface area contributed by atoms with Gasteiger partial charge in [0.15, 0.2) is 0 Å². The number of carbonyl (C=O) groups is 3. The SMILES string of the molecule is Cc1ccccc1-n1cc(CN(C)C(=O)CC2(c3ccccc3C)CC(=O)N(C3CCCC3)C2=O)cn1. The average molecular weight is 499 g/mol. The van der Waals surface area contributed by atoms with Gasteiger partial charge in [0.25, 0.3) is 0 Å². The molecule has 192 valence electrons. The van der Waals surface area contributed by atoms with E-state index in [1.54, 1.807) is 18.1 Å². The zero-order chi connectivity index (χ0) is 26.2. The lowest BCUT2D eigenvalue weighted by Gasteiger charge is -2.31. The van der Waals surface area contributed by atoms with Gasteiger partial charge >= 0.3 is 0 Å². The second-order valence-electron chi connectivity index (χ2n) is 10.6. The molecule has 0 radical (unpaired) electrons. The molecule has 2 aromatic carbocycles. The molecule has 2 fully saturated rings. The van der Waals surface area contributed by atoms with Gasteiger partial charge < -0.3 is 4.90 Å². The lowest BCUT2D eigenvalue weighted by atomic mass is 9.74. The number of rotatable bonds is 7. The Morgan fingerprint density at radius 2 is 1.70 bits per heavy atom. The van der Waals surface area contributed by atoms with Gasteiger partial charge in [0.2, 0.25) is 17.7 Å². The second-order valence-corrected chi connectivity index (χ2v) is 10.6. The Hall–Kier alpha value is -3.74. The molecule has 2 aliphatic rings. The number of likely N-dealkylation sites (tertiary alicyclic amines) is 1. The van der Waals surface area contributed by atoms with Crippen LogP contribution in [0.5, 0.6) is 0 Å². The molecule has 7 heteroatoms. The Kier molecular flexibility index (Phi) is 6.71. The van der Waals surface area contributed by atoms with Crippen molar-refractivity contribution in [2.45, 2.75) is 70.4 Å². The number of benzene rings is 2. The number of hydrogen-bond donors (Lipinski definition) is 0. The van der Waals surface area contributed by atoms with Crippen molar-refractivity contribution in [3.63, 3.8) is 0 Å². The number of carbonyl (C=O) groups excluding carboxylic acids is 3. The molecule has 0 spiro atoms. The zero-order valence-electron chi connectivity index (χ0n) is 21.8. The molecule has 7 nitrogen and oxygen atoms in total. The van der Waals surface area contributed by atoms with Crippen LogP contribution < -0.4 is 0 Å². The van der Waals surface area contributed by atoms with Crippen LogP contribution in [0.1, 0.15) is 60.8 Å². The van der Waals surface area contributed by atoms with Crippen molar-refractivity contribution >= 4 is 17.7 Å². The minimum absolute atomic E-state index is 0.0337. The molecular formula is C30H34N4O3. The highest BCUT2D eigenvalue weighted by Crippen LogP contribution is 2.44. The summed E-state index contributed by atoms with van der Waals surface area (Å²) in [7, 11) is 1.75. The third-order valence-electron chi connectivity index (χ3n) is 8.00. The molecule has 1 aliphatic heterocycles. The molecule has 1 unspecified atom stereocenters. The maximum atomic E-state index is 14.0. The van der Waals surface area contributed by atoms with Crippen LogP contribution in [0.15, 0.2) is 60.9 Å². The van der Waals surface area contributed by atoms with Gasteiger partial charge in [0.05, 0.1) is 17.3 Å². The summed E-state index contributed by atoms with van der Waals surface area (Å²) in [6.07, 6.45) is 7.44. The molecule has 0 N–H and O–H groups in total. The fourth-order valence-corrected chi connectivity index (χ4v) is 6.00. The normalized spacial score (nSPS) is 20.1. The lowest BCUT2D eigenvalue weighted by Crippen LogP contribution is -2.45. The molecule has 1 aliphatic carbocycles. The Morgan fingerprint density at radius 3 is 2.41 bits per heavy atom. The largest absolute Gasteiger partial charge is 0.341 e. The first-order valence-corrected chi connectivity index (χ1v) is 13.1. The van der Waals surface area contributed by atoms with Crippen molar-refractivity contribution in [1.29, 1.82) is 0 Å². The summed E-state index contributed by atoms with van der Waals surface area (Å²) < 4.78 is 1.82. The summed E-state index contributed by atoms with van der Waals surface area (Å²) >= 11 is 0. The van der Waals surface area contributed by atoms with E-state index < -0.39 is 5.41 Å². The highest BCUT2D eigenvalue weighted by molar-refractivity contribution is 6.11. The number of nitrogens with zero attached hydrogens (tertiary/aromatic N) is 4. The van der Waals surface area contributed by atoms with E-state index in [1.807, 2.05) is 73.3 Å². The maximum absolute atomic E-state index is 14.0. The molecule has 0 bridgehead atoms. The first-order chi connectivity index (χ1) is 17.8. The predicted molar refractivity (Wildman–Crippen MR) is 141 cm³/mol. The van der Waals surface area contributed by atoms with E-state index in [0.29, 0.717) is 6.54 Å². The van der Waals surface area contributed by atoms with Crippen molar-refractivity contribution in [3.8, 4) is 5.69 Å². The summed E-state index contributed by atoms with van der Waals surface area (Å²) in [6.45, 7) is 4.34. The van der Waals surface area contributed by atoms with Gasteiger partial charge in [-0.05, 0) is 49.4 Å². The van der Waals surface area contributed by atoms with Gasteiger partial charge in [0.1, 0.15) is 0 Å². The topological polar surface area (TPSA) is 75.5 Å². The quantitative estimate of drug-likeness (QED) is 0.450. The van der Waals surface area contributed by atoms with Crippen molar-refractivity contribution in [3.05, 3.63) is 83.2 Å². The van der Waals surface area contributed by atoms with Crippen LogP contribution in [0.4, 0.5) is 0 Å². The highest BCUT2D eigenvalue weighted by atomic mass is 16.2. The van der Waals surface area contributed by atoms with Crippen LogP contribution in [-0.4, -0.2) is 50.4 Å². The molecule has 2 heterocycles. The van der Waals surface area contributed by atoms with E-state index in [2.05, 4.69) is 5.10 Å².